The van der Waals surface area contributed by atoms with Gasteiger partial charge in [0.15, 0.2) is 5.75 Å². The van der Waals surface area contributed by atoms with Crippen molar-refractivity contribution >= 4 is 29.2 Å². The maximum Gasteiger partial charge on any atom is 0.573 e. The van der Waals surface area contributed by atoms with Crippen molar-refractivity contribution in [2.45, 2.75) is 12.3 Å². The lowest BCUT2D eigenvalue weighted by Crippen LogP contribution is -2.41. The molecule has 1 aliphatic rings. The topological polar surface area (TPSA) is 115 Å². The number of methoxy groups -OCH3 is 2. The predicted molar refractivity (Wildman–Crippen MR) is 118 cm³/mol. The van der Waals surface area contributed by atoms with E-state index >= 15 is 0 Å². The third kappa shape index (κ3) is 4.88. The van der Waals surface area contributed by atoms with Crippen LogP contribution in [0.25, 0.3) is 0 Å². The molecule has 2 N–H and O–H groups in total. The molecule has 0 saturated heterocycles. The number of nitrogens with zero attached hydrogens (tertiary/aromatic N) is 2. The molecule has 35 heavy (non-hydrogen) atoms. The Bertz CT molecular complexity index is 1270. The van der Waals surface area contributed by atoms with E-state index in [1.54, 1.807) is 30.3 Å². The van der Waals surface area contributed by atoms with E-state index in [0.29, 0.717) is 5.56 Å². The van der Waals surface area contributed by atoms with Crippen molar-refractivity contribution in [3.63, 3.8) is 0 Å². The smallest absolute Gasteiger partial charge is 0.466 e. The summed E-state index contributed by atoms with van der Waals surface area (Å²) in [6.45, 7) is 0. The number of nitriles is 1. The van der Waals surface area contributed by atoms with E-state index < -0.39 is 52.2 Å². The van der Waals surface area contributed by atoms with Crippen LogP contribution in [-0.2, 0) is 19.1 Å². The van der Waals surface area contributed by atoms with E-state index in [-0.39, 0.29) is 11.1 Å². The number of benzene rings is 2. The highest BCUT2D eigenvalue weighted by Crippen LogP contribution is 2.47. The highest BCUT2D eigenvalue weighted by atomic mass is 35.5. The summed E-state index contributed by atoms with van der Waals surface area (Å²) in [7, 11) is 2.05. The van der Waals surface area contributed by atoms with Gasteiger partial charge in [-0.05, 0) is 17.7 Å². The molecule has 0 aromatic heterocycles. The van der Waals surface area contributed by atoms with Crippen LogP contribution in [0.2, 0.25) is 5.02 Å². The molecular weight excluding hydrogens is 491 g/mol. The highest BCUT2D eigenvalue weighted by molar-refractivity contribution is 6.32. The summed E-state index contributed by atoms with van der Waals surface area (Å²) >= 11 is 5.99. The van der Waals surface area contributed by atoms with Gasteiger partial charge in [-0.1, -0.05) is 48.0 Å². The summed E-state index contributed by atoms with van der Waals surface area (Å²) in [5.74, 6) is -4.71. The van der Waals surface area contributed by atoms with Crippen LogP contribution >= 0.6 is 11.6 Å². The molecule has 1 atom stereocenters. The van der Waals surface area contributed by atoms with Gasteiger partial charge < -0.3 is 19.9 Å². The third-order valence-corrected chi connectivity index (χ3v) is 5.31. The highest BCUT2D eigenvalue weighted by Gasteiger charge is 2.44. The first-order valence-electron chi connectivity index (χ1n) is 9.75. The number of hydrogen-bond acceptors (Lipinski definition) is 8. The largest absolute Gasteiger partial charge is 0.573 e. The maximum atomic E-state index is 13.2. The molecule has 1 heterocycles. The number of halogens is 4. The Morgan fingerprint density at radius 2 is 1.69 bits per heavy atom. The second-order valence-electron chi connectivity index (χ2n) is 6.97. The number of carbonyl (C=O) groups excluding carboxylic acids is 2. The standard InChI is InChI=1S/C23H17ClF3N3O5/c1-33-21(31)17-16(12-7-4-3-5-8-12)13(11-28)20(29)30(18(17)22(32)34-2)15-10-6-9-14(24)19(15)35-23(25,26)27/h3-10,16H,29H2,1-2H3. The van der Waals surface area contributed by atoms with E-state index in [1.807, 2.05) is 6.07 Å². The van der Waals surface area contributed by atoms with E-state index in [1.165, 1.54) is 6.07 Å². The zero-order chi connectivity index (χ0) is 25.9. The quantitative estimate of drug-likeness (QED) is 0.601. The van der Waals surface area contributed by atoms with Crippen LogP contribution in [0.5, 0.6) is 5.75 Å². The Morgan fingerprint density at radius 1 is 1.06 bits per heavy atom. The molecule has 2 aromatic carbocycles. The van der Waals surface area contributed by atoms with Crippen LogP contribution in [-0.4, -0.2) is 32.5 Å². The average molecular weight is 508 g/mol. The Morgan fingerprint density at radius 3 is 2.23 bits per heavy atom. The van der Waals surface area contributed by atoms with Gasteiger partial charge in [0.1, 0.15) is 11.5 Å². The number of para-hydroxylation sites is 1. The van der Waals surface area contributed by atoms with Crippen LogP contribution in [0, 0.1) is 11.3 Å². The van der Waals surface area contributed by atoms with Gasteiger partial charge in [0.2, 0.25) is 0 Å². The van der Waals surface area contributed by atoms with Crippen molar-refractivity contribution in [2.24, 2.45) is 5.73 Å². The lowest BCUT2D eigenvalue weighted by atomic mass is 9.81. The summed E-state index contributed by atoms with van der Waals surface area (Å²) in [5.41, 5.74) is 5.02. The van der Waals surface area contributed by atoms with Gasteiger partial charge in [0, 0.05) is 0 Å². The van der Waals surface area contributed by atoms with Crippen molar-refractivity contribution in [1.29, 1.82) is 5.26 Å². The second kappa shape index (κ2) is 9.99. The van der Waals surface area contributed by atoms with Gasteiger partial charge in [-0.2, -0.15) is 5.26 Å². The van der Waals surface area contributed by atoms with Gasteiger partial charge in [0.25, 0.3) is 0 Å². The van der Waals surface area contributed by atoms with E-state index in [9.17, 15) is 28.0 Å². The summed E-state index contributed by atoms with van der Waals surface area (Å²) in [6.07, 6.45) is -5.17. The Kier molecular flexibility index (Phi) is 7.26. The first kappa shape index (κ1) is 25.5. The molecule has 0 saturated carbocycles. The molecule has 0 bridgehead atoms. The minimum Gasteiger partial charge on any atom is -0.466 e. The van der Waals surface area contributed by atoms with Gasteiger partial charge in [-0.25, -0.2) is 9.59 Å². The maximum absolute atomic E-state index is 13.2. The van der Waals surface area contributed by atoms with E-state index in [0.717, 1.165) is 31.3 Å². The molecule has 12 heteroatoms. The lowest BCUT2D eigenvalue weighted by Gasteiger charge is -2.36. The van der Waals surface area contributed by atoms with Gasteiger partial charge in [-0.3, -0.25) is 4.90 Å². The second-order valence-corrected chi connectivity index (χ2v) is 7.38. The van der Waals surface area contributed by atoms with Gasteiger partial charge >= 0.3 is 18.3 Å². The molecule has 1 unspecified atom stereocenters. The van der Waals surface area contributed by atoms with Crippen molar-refractivity contribution in [3.05, 3.63) is 81.8 Å². The number of alkyl halides is 3. The zero-order valence-electron chi connectivity index (χ0n) is 18.2. The molecule has 2 aromatic rings. The Labute approximate surface area is 202 Å². The van der Waals surface area contributed by atoms with Crippen molar-refractivity contribution in [1.82, 2.24) is 0 Å². The Hall–Kier alpha value is -4.17. The van der Waals surface area contributed by atoms with Gasteiger partial charge in [0.05, 0.1) is 48.1 Å². The fourth-order valence-corrected chi connectivity index (χ4v) is 3.86. The summed E-state index contributed by atoms with van der Waals surface area (Å²) in [6, 6.07) is 13.5. The molecule has 3 rings (SSSR count). The fraction of sp³-hybridized carbons (Fsp3) is 0.174. The van der Waals surface area contributed by atoms with E-state index in [4.69, 9.17) is 26.8 Å². The minimum absolute atomic E-state index is 0.234. The molecule has 0 fully saturated rings. The normalized spacial score (nSPS) is 16.0. The number of carbonyl (C=O) groups is 2. The van der Waals surface area contributed by atoms with Crippen LogP contribution in [0.1, 0.15) is 11.5 Å². The van der Waals surface area contributed by atoms with Crippen LogP contribution in [0.3, 0.4) is 0 Å². The number of nitrogens with two attached hydrogens (primary N) is 1. The first-order valence-corrected chi connectivity index (χ1v) is 10.1. The third-order valence-electron chi connectivity index (χ3n) is 5.02. The first-order chi connectivity index (χ1) is 16.6. The van der Waals surface area contributed by atoms with Crippen molar-refractivity contribution in [3.8, 4) is 11.8 Å². The monoisotopic (exact) mass is 507 g/mol. The zero-order valence-corrected chi connectivity index (χ0v) is 19.0. The average Bonchev–Trinajstić information content (AvgIpc) is 2.83. The number of rotatable bonds is 5. The molecule has 0 radical (unpaired) electrons. The number of ether oxygens (including phenoxy) is 3. The minimum atomic E-state index is -5.17. The van der Waals surface area contributed by atoms with Crippen LogP contribution in [0.4, 0.5) is 18.9 Å². The van der Waals surface area contributed by atoms with Crippen LogP contribution < -0.4 is 15.4 Å². The summed E-state index contributed by atoms with van der Waals surface area (Å²) in [4.78, 5) is 26.7. The molecule has 0 amide bonds. The molecule has 8 nitrogen and oxygen atoms in total. The van der Waals surface area contributed by atoms with Crippen molar-refractivity contribution in [2.75, 3.05) is 19.1 Å². The number of esters is 2. The van der Waals surface area contributed by atoms with Crippen LogP contribution in [0.15, 0.2) is 71.2 Å². The van der Waals surface area contributed by atoms with Gasteiger partial charge in [-0.15, -0.1) is 13.2 Å². The molecule has 0 spiro atoms. The Balaban J connectivity index is 2.45. The summed E-state index contributed by atoms with van der Waals surface area (Å²) < 4.78 is 53.4. The number of allylic oxidation sites excluding steroid dienone is 1. The molecular formula is C23H17ClF3N3O5. The fourth-order valence-electron chi connectivity index (χ4n) is 3.65. The molecule has 182 valence electrons. The summed E-state index contributed by atoms with van der Waals surface area (Å²) in [5, 5.41) is 9.51. The van der Waals surface area contributed by atoms with Crippen molar-refractivity contribution < 1.29 is 37.0 Å². The number of anilines is 1. The van der Waals surface area contributed by atoms with E-state index in [2.05, 4.69) is 4.74 Å². The predicted octanol–water partition coefficient (Wildman–Crippen LogP) is 4.14. The lowest BCUT2D eigenvalue weighted by molar-refractivity contribution is -0.274. The number of hydrogen-bond donors (Lipinski definition) is 1. The molecule has 1 aliphatic heterocycles. The molecule has 0 aliphatic carbocycles. The SMILES string of the molecule is COC(=O)C1=C(C(=O)OC)N(c2cccc(Cl)c2OC(F)(F)F)C(N)=C(C#N)C1c1ccccc1.